The second-order valence-corrected chi connectivity index (χ2v) is 2.20. The highest BCUT2D eigenvalue weighted by Gasteiger charge is 1.89. The molecular formula is C4H11IN4. The highest BCUT2D eigenvalue weighted by Crippen LogP contribution is 1.79. The van der Waals surface area contributed by atoms with Crippen molar-refractivity contribution in [2.75, 3.05) is 20.4 Å². The molecule has 0 bridgehead atoms. The lowest BCUT2D eigenvalue weighted by atomic mass is 10.8. The van der Waals surface area contributed by atoms with Crippen molar-refractivity contribution in [1.82, 2.24) is 10.3 Å². The Morgan fingerprint density at radius 2 is 2.56 bits per heavy atom. The van der Waals surface area contributed by atoms with Gasteiger partial charge in [-0.1, -0.05) is 0 Å². The van der Waals surface area contributed by atoms with Gasteiger partial charge < -0.3 is 0 Å². The van der Waals surface area contributed by atoms with Crippen molar-refractivity contribution >= 4 is 26.8 Å². The molecule has 0 rings (SSSR count). The van der Waals surface area contributed by atoms with E-state index in [4.69, 9.17) is 5.84 Å². The van der Waals surface area contributed by atoms with Crippen LogP contribution in [0.5, 0.6) is 0 Å². The number of halogens is 1. The summed E-state index contributed by atoms with van der Waals surface area (Å²) in [7, 11) is 1.93. The molecule has 0 amide bonds. The van der Waals surface area contributed by atoms with E-state index in [-0.39, 0.29) is 0 Å². The van der Waals surface area contributed by atoms with Crippen molar-refractivity contribution in [2.24, 2.45) is 10.8 Å². The Morgan fingerprint density at radius 1 is 1.89 bits per heavy atom. The Morgan fingerprint density at radius 3 is 3.00 bits per heavy atom. The van der Waals surface area contributed by atoms with Crippen molar-refractivity contribution in [2.45, 2.75) is 0 Å². The standard InChI is InChI=1S/C4H11IN4/c1-9(4-8-6)3-7-2-5/h2,8H,3-4,6H2,1H3/b7-2-. The summed E-state index contributed by atoms with van der Waals surface area (Å²) in [5.74, 6) is 5.06. The number of rotatable bonds is 4. The Hall–Kier alpha value is 0.280. The molecular weight excluding hydrogens is 231 g/mol. The van der Waals surface area contributed by atoms with Gasteiger partial charge in [0, 0.05) is 0 Å². The van der Waals surface area contributed by atoms with Crippen LogP contribution >= 0.6 is 22.6 Å². The molecule has 0 atom stereocenters. The number of hydrogen-bond acceptors (Lipinski definition) is 4. The van der Waals surface area contributed by atoms with Crippen LogP contribution in [0, 0.1) is 0 Å². The highest BCUT2D eigenvalue weighted by molar-refractivity contribution is 14.1. The molecule has 0 spiro atoms. The van der Waals surface area contributed by atoms with Crippen molar-refractivity contribution in [3.8, 4) is 0 Å². The first-order chi connectivity index (χ1) is 4.31. The van der Waals surface area contributed by atoms with Gasteiger partial charge >= 0.3 is 0 Å². The molecule has 0 fully saturated rings. The highest BCUT2D eigenvalue weighted by atomic mass is 127. The SMILES string of the molecule is CN(C/N=C\I)CNN. The summed E-state index contributed by atoms with van der Waals surface area (Å²) >= 11 is 2.08. The molecule has 54 valence electrons. The van der Waals surface area contributed by atoms with Crippen LogP contribution in [0.25, 0.3) is 0 Å². The van der Waals surface area contributed by atoms with Crippen LogP contribution in [-0.4, -0.2) is 29.5 Å². The van der Waals surface area contributed by atoms with E-state index in [1.807, 2.05) is 11.9 Å². The van der Waals surface area contributed by atoms with E-state index in [1.54, 1.807) is 4.22 Å². The molecule has 3 N–H and O–H groups in total. The van der Waals surface area contributed by atoms with E-state index in [2.05, 4.69) is 33.0 Å². The molecule has 0 aliphatic rings. The lowest BCUT2D eigenvalue weighted by Gasteiger charge is -2.11. The summed E-state index contributed by atoms with van der Waals surface area (Å²) < 4.78 is 1.74. The number of nitrogens with two attached hydrogens (primary N) is 1. The smallest absolute Gasteiger partial charge is 0.0922 e. The number of nitrogens with one attached hydrogen (secondary N) is 1. The molecule has 0 unspecified atom stereocenters. The number of nitrogens with zero attached hydrogens (tertiary/aromatic N) is 2. The van der Waals surface area contributed by atoms with E-state index in [9.17, 15) is 0 Å². The van der Waals surface area contributed by atoms with E-state index in [0.29, 0.717) is 13.3 Å². The molecule has 0 aliphatic carbocycles. The second-order valence-electron chi connectivity index (χ2n) is 1.64. The zero-order valence-electron chi connectivity index (χ0n) is 5.34. The minimum atomic E-state index is 0.661. The fraction of sp³-hybridized carbons (Fsp3) is 0.750. The maximum Gasteiger partial charge on any atom is 0.0922 e. The first-order valence-electron chi connectivity index (χ1n) is 2.51. The van der Waals surface area contributed by atoms with Gasteiger partial charge in [-0.25, -0.2) is 5.43 Å². The van der Waals surface area contributed by atoms with Gasteiger partial charge in [0.05, 0.1) is 17.6 Å². The van der Waals surface area contributed by atoms with Crippen LogP contribution in [0.2, 0.25) is 0 Å². The Kier molecular flexibility index (Phi) is 6.60. The minimum Gasteiger partial charge on any atom is -0.273 e. The minimum absolute atomic E-state index is 0.661. The van der Waals surface area contributed by atoms with Crippen molar-refractivity contribution in [3.05, 3.63) is 0 Å². The van der Waals surface area contributed by atoms with E-state index in [0.717, 1.165) is 0 Å². The first kappa shape index (κ1) is 9.28. The van der Waals surface area contributed by atoms with Crippen LogP contribution in [0.1, 0.15) is 0 Å². The van der Waals surface area contributed by atoms with Gasteiger partial charge in [-0.2, -0.15) is 0 Å². The zero-order chi connectivity index (χ0) is 7.11. The van der Waals surface area contributed by atoms with Gasteiger partial charge in [0.25, 0.3) is 0 Å². The third-order valence-electron chi connectivity index (χ3n) is 0.753. The molecule has 4 nitrogen and oxygen atoms in total. The molecule has 0 saturated heterocycles. The van der Waals surface area contributed by atoms with Crippen LogP contribution in [0.4, 0.5) is 0 Å². The van der Waals surface area contributed by atoms with Crippen LogP contribution in [0.3, 0.4) is 0 Å². The van der Waals surface area contributed by atoms with Crippen LogP contribution in [-0.2, 0) is 0 Å². The van der Waals surface area contributed by atoms with Crippen molar-refractivity contribution in [1.29, 1.82) is 0 Å². The fourth-order valence-electron chi connectivity index (χ4n) is 0.376. The fourth-order valence-corrected chi connectivity index (χ4v) is 0.552. The lowest BCUT2D eigenvalue weighted by molar-refractivity contribution is 0.320. The largest absolute Gasteiger partial charge is 0.273 e. The average Bonchev–Trinajstić information content (AvgIpc) is 1.85. The lowest BCUT2D eigenvalue weighted by Crippen LogP contribution is -2.35. The molecule has 0 aromatic rings. The van der Waals surface area contributed by atoms with E-state index >= 15 is 0 Å². The summed E-state index contributed by atoms with van der Waals surface area (Å²) in [5.41, 5.74) is 2.53. The second kappa shape index (κ2) is 6.40. The Labute approximate surface area is 68.6 Å². The molecule has 0 aromatic carbocycles. The molecule has 9 heavy (non-hydrogen) atoms. The maximum absolute atomic E-state index is 5.06. The Balaban J connectivity index is 3.15. The summed E-state index contributed by atoms with van der Waals surface area (Å²) in [5, 5.41) is 0. The van der Waals surface area contributed by atoms with Gasteiger partial charge in [0.1, 0.15) is 0 Å². The normalized spacial score (nSPS) is 11.6. The third-order valence-corrected chi connectivity index (χ3v) is 1.15. The predicted molar refractivity (Wildman–Crippen MR) is 47.3 cm³/mol. The number of hydrazine groups is 1. The zero-order valence-corrected chi connectivity index (χ0v) is 7.50. The number of hydrogen-bond donors (Lipinski definition) is 2. The molecule has 0 aliphatic heterocycles. The van der Waals surface area contributed by atoms with Crippen molar-refractivity contribution < 1.29 is 0 Å². The van der Waals surface area contributed by atoms with Gasteiger partial charge in [0.2, 0.25) is 0 Å². The molecule has 0 aromatic heterocycles. The van der Waals surface area contributed by atoms with E-state index < -0.39 is 0 Å². The maximum atomic E-state index is 5.06. The van der Waals surface area contributed by atoms with Gasteiger partial charge in [-0.05, 0) is 29.6 Å². The van der Waals surface area contributed by atoms with Crippen LogP contribution in [0.15, 0.2) is 4.99 Å². The summed E-state index contributed by atoms with van der Waals surface area (Å²) in [6, 6.07) is 0. The van der Waals surface area contributed by atoms with Gasteiger partial charge in [-0.3, -0.25) is 15.7 Å². The topological polar surface area (TPSA) is 53.6 Å². The average molecular weight is 242 g/mol. The quantitative estimate of drug-likeness (QED) is 0.235. The van der Waals surface area contributed by atoms with Gasteiger partial charge in [-0.15, -0.1) is 0 Å². The molecule has 0 saturated carbocycles. The van der Waals surface area contributed by atoms with Crippen LogP contribution < -0.4 is 11.3 Å². The molecule has 5 heteroatoms. The van der Waals surface area contributed by atoms with Crippen molar-refractivity contribution in [3.63, 3.8) is 0 Å². The Bertz CT molecular complexity index is 84.6. The number of aliphatic imine (C=N–C) groups is 1. The summed E-state index contributed by atoms with van der Waals surface area (Å²) in [6.45, 7) is 1.35. The summed E-state index contributed by atoms with van der Waals surface area (Å²) in [6.07, 6.45) is 0. The molecule has 0 heterocycles. The predicted octanol–water partition coefficient (Wildman–Crippen LogP) is -0.240. The summed E-state index contributed by atoms with van der Waals surface area (Å²) in [4.78, 5) is 5.94. The third kappa shape index (κ3) is 6.16. The monoisotopic (exact) mass is 242 g/mol. The first-order valence-corrected chi connectivity index (χ1v) is 3.76. The van der Waals surface area contributed by atoms with Gasteiger partial charge in [0.15, 0.2) is 0 Å². The molecule has 0 radical (unpaired) electrons. The van der Waals surface area contributed by atoms with E-state index in [1.165, 1.54) is 0 Å².